The third kappa shape index (κ3) is 3.27. The second-order valence-electron chi connectivity index (χ2n) is 7.55. The first-order chi connectivity index (χ1) is 11.7. The van der Waals surface area contributed by atoms with Gasteiger partial charge in [-0.2, -0.15) is 0 Å². The van der Waals surface area contributed by atoms with Crippen LogP contribution in [0.25, 0.3) is 0 Å². The van der Waals surface area contributed by atoms with Gasteiger partial charge in [0.25, 0.3) is 0 Å². The summed E-state index contributed by atoms with van der Waals surface area (Å²) >= 11 is 0. The van der Waals surface area contributed by atoms with Gasteiger partial charge in [0.15, 0.2) is 0 Å². The van der Waals surface area contributed by atoms with Crippen molar-refractivity contribution in [3.05, 3.63) is 30.1 Å². The third-order valence-electron chi connectivity index (χ3n) is 5.95. The summed E-state index contributed by atoms with van der Waals surface area (Å²) in [7, 11) is 0. The first kappa shape index (κ1) is 15.9. The lowest BCUT2D eigenvalue weighted by molar-refractivity contribution is 0.0747. The van der Waals surface area contributed by atoms with Crippen molar-refractivity contribution in [2.45, 2.75) is 75.5 Å². The molecular weight excluding hydrogens is 305 g/mol. The van der Waals surface area contributed by atoms with Crippen molar-refractivity contribution < 1.29 is 9.18 Å². The highest BCUT2D eigenvalue weighted by Crippen LogP contribution is 2.40. The number of urea groups is 1. The van der Waals surface area contributed by atoms with E-state index in [1.54, 1.807) is 12.1 Å². The van der Waals surface area contributed by atoms with E-state index in [1.807, 2.05) is 0 Å². The molecule has 2 aliphatic heterocycles. The van der Waals surface area contributed by atoms with Crippen molar-refractivity contribution in [3.63, 3.8) is 0 Å². The molecule has 2 saturated heterocycles. The van der Waals surface area contributed by atoms with E-state index in [0.29, 0.717) is 17.8 Å². The summed E-state index contributed by atoms with van der Waals surface area (Å²) < 4.78 is 13.2. The summed E-state index contributed by atoms with van der Waals surface area (Å²) in [4.78, 5) is 15.0. The van der Waals surface area contributed by atoms with E-state index in [-0.39, 0.29) is 17.9 Å². The van der Waals surface area contributed by atoms with Gasteiger partial charge >= 0.3 is 6.03 Å². The fourth-order valence-corrected chi connectivity index (χ4v) is 5.05. The lowest BCUT2D eigenvalue weighted by Gasteiger charge is -2.42. The minimum atomic E-state index is -0.337. The molecule has 1 aromatic rings. The predicted molar refractivity (Wildman–Crippen MR) is 92.5 cm³/mol. The molecule has 4 rings (SSSR count). The van der Waals surface area contributed by atoms with Crippen LogP contribution in [0.15, 0.2) is 24.3 Å². The lowest BCUT2D eigenvalue weighted by atomic mass is 9.95. The molecule has 0 aromatic heterocycles. The van der Waals surface area contributed by atoms with Crippen LogP contribution in [-0.4, -0.2) is 35.1 Å². The zero-order valence-electron chi connectivity index (χ0n) is 14.0. The number of halogens is 1. The molecule has 3 fully saturated rings. The molecule has 24 heavy (non-hydrogen) atoms. The maximum atomic E-state index is 13.2. The summed E-state index contributed by atoms with van der Waals surface area (Å²) in [5.74, 6) is -0.337. The minimum absolute atomic E-state index is 0.223. The van der Waals surface area contributed by atoms with E-state index in [9.17, 15) is 9.18 Å². The number of hydrogen-bond acceptors (Lipinski definition) is 2. The number of fused-ring (bicyclic) bond motifs is 2. The number of hydrogen-bond donors (Lipinski definition) is 2. The molecule has 2 heterocycles. The van der Waals surface area contributed by atoms with Crippen LogP contribution in [0.1, 0.15) is 51.4 Å². The van der Waals surface area contributed by atoms with Crippen LogP contribution in [0.3, 0.4) is 0 Å². The van der Waals surface area contributed by atoms with Crippen LogP contribution in [-0.2, 0) is 0 Å². The van der Waals surface area contributed by atoms with Crippen molar-refractivity contribution in [3.8, 4) is 0 Å². The van der Waals surface area contributed by atoms with E-state index in [1.165, 1.54) is 50.7 Å². The molecule has 0 unspecified atom stereocenters. The molecular formula is C19H26FN3O. The maximum Gasteiger partial charge on any atom is 0.319 e. The smallest absolute Gasteiger partial charge is 0.319 e. The monoisotopic (exact) mass is 331 g/mol. The number of amides is 2. The number of piperidine rings is 1. The number of carbonyl (C=O) groups excluding carboxylic acids is 1. The van der Waals surface area contributed by atoms with Crippen molar-refractivity contribution in [2.75, 3.05) is 5.32 Å². The van der Waals surface area contributed by atoms with Crippen molar-refractivity contribution in [1.29, 1.82) is 0 Å². The normalized spacial score (nSPS) is 30.5. The SMILES string of the molecule is O=C(Nc1cccc(F)c1)NC1C[C@H]2CC[C@H](C1)N2C1CCCC1. The summed E-state index contributed by atoms with van der Waals surface area (Å²) in [6.45, 7) is 0. The second kappa shape index (κ2) is 6.71. The summed E-state index contributed by atoms with van der Waals surface area (Å²) in [6, 6.07) is 8.07. The number of nitrogens with zero attached hydrogens (tertiary/aromatic N) is 1. The Hall–Kier alpha value is -1.62. The molecule has 2 amide bonds. The molecule has 130 valence electrons. The highest BCUT2D eigenvalue weighted by atomic mass is 19.1. The molecule has 1 saturated carbocycles. The first-order valence-corrected chi connectivity index (χ1v) is 9.29. The van der Waals surface area contributed by atoms with Gasteiger partial charge in [-0.05, 0) is 56.7 Å². The number of carbonyl (C=O) groups is 1. The van der Waals surface area contributed by atoms with Gasteiger partial charge in [0, 0.05) is 29.9 Å². The summed E-state index contributed by atoms with van der Waals surface area (Å²) in [5, 5.41) is 5.84. The first-order valence-electron chi connectivity index (χ1n) is 9.29. The summed E-state index contributed by atoms with van der Waals surface area (Å²) in [5.41, 5.74) is 0.499. The Morgan fingerprint density at radius 1 is 1.04 bits per heavy atom. The molecule has 4 nitrogen and oxygen atoms in total. The topological polar surface area (TPSA) is 44.4 Å². The minimum Gasteiger partial charge on any atom is -0.335 e. The highest BCUT2D eigenvalue weighted by Gasteiger charge is 2.44. The molecule has 1 aliphatic carbocycles. The average Bonchev–Trinajstić information content (AvgIpc) is 3.13. The zero-order valence-corrected chi connectivity index (χ0v) is 14.0. The van der Waals surface area contributed by atoms with Gasteiger partial charge in [-0.3, -0.25) is 4.90 Å². The Morgan fingerprint density at radius 3 is 2.42 bits per heavy atom. The van der Waals surface area contributed by atoms with Gasteiger partial charge in [-0.1, -0.05) is 18.9 Å². The lowest BCUT2D eigenvalue weighted by Crippen LogP contribution is -2.53. The Bertz CT molecular complexity index is 588. The Morgan fingerprint density at radius 2 is 1.75 bits per heavy atom. The maximum absolute atomic E-state index is 13.2. The number of benzene rings is 1. The van der Waals surface area contributed by atoms with E-state index >= 15 is 0 Å². The highest BCUT2D eigenvalue weighted by molar-refractivity contribution is 5.89. The van der Waals surface area contributed by atoms with Crippen LogP contribution >= 0.6 is 0 Å². The Kier molecular flexibility index (Phi) is 4.44. The van der Waals surface area contributed by atoms with Gasteiger partial charge in [0.2, 0.25) is 0 Å². The fraction of sp³-hybridized carbons (Fsp3) is 0.632. The van der Waals surface area contributed by atoms with E-state index in [4.69, 9.17) is 0 Å². The third-order valence-corrected chi connectivity index (χ3v) is 5.95. The molecule has 2 bridgehead atoms. The van der Waals surface area contributed by atoms with Gasteiger partial charge < -0.3 is 10.6 Å². The van der Waals surface area contributed by atoms with Crippen molar-refractivity contribution in [2.24, 2.45) is 0 Å². The average molecular weight is 331 g/mol. The van der Waals surface area contributed by atoms with Gasteiger partial charge in [0.1, 0.15) is 5.82 Å². The van der Waals surface area contributed by atoms with Crippen molar-refractivity contribution >= 4 is 11.7 Å². The van der Waals surface area contributed by atoms with E-state index in [2.05, 4.69) is 15.5 Å². The second-order valence-corrected chi connectivity index (χ2v) is 7.55. The Balaban J connectivity index is 1.33. The number of anilines is 1. The van der Waals surface area contributed by atoms with Crippen LogP contribution in [0, 0.1) is 5.82 Å². The largest absolute Gasteiger partial charge is 0.335 e. The molecule has 1 aromatic carbocycles. The van der Waals surface area contributed by atoms with Crippen LogP contribution in [0.4, 0.5) is 14.9 Å². The van der Waals surface area contributed by atoms with Gasteiger partial charge in [-0.15, -0.1) is 0 Å². The molecule has 3 aliphatic rings. The fourth-order valence-electron chi connectivity index (χ4n) is 5.05. The standard InChI is InChI=1S/C19H26FN3O/c20-13-4-3-5-14(10-13)21-19(24)22-15-11-17-8-9-18(12-15)23(17)16-6-1-2-7-16/h3-5,10,15-18H,1-2,6-9,11-12H2,(H2,21,22,24)/t17-,18-/m1/s1. The summed E-state index contributed by atoms with van der Waals surface area (Å²) in [6.07, 6.45) is 10.1. The van der Waals surface area contributed by atoms with Crippen LogP contribution in [0.2, 0.25) is 0 Å². The van der Waals surface area contributed by atoms with E-state index in [0.717, 1.165) is 18.9 Å². The molecule has 2 N–H and O–H groups in total. The Labute approximate surface area is 142 Å². The van der Waals surface area contributed by atoms with Gasteiger partial charge in [0.05, 0.1) is 0 Å². The van der Waals surface area contributed by atoms with Crippen LogP contribution < -0.4 is 10.6 Å². The quantitative estimate of drug-likeness (QED) is 0.883. The number of rotatable bonds is 3. The van der Waals surface area contributed by atoms with Crippen LogP contribution in [0.5, 0.6) is 0 Å². The predicted octanol–water partition coefficient (Wildman–Crippen LogP) is 3.89. The zero-order chi connectivity index (χ0) is 16.5. The molecule has 5 heteroatoms. The molecule has 2 atom stereocenters. The molecule has 0 radical (unpaired) electrons. The molecule has 0 spiro atoms. The van der Waals surface area contributed by atoms with Crippen molar-refractivity contribution in [1.82, 2.24) is 10.2 Å². The van der Waals surface area contributed by atoms with Gasteiger partial charge in [-0.25, -0.2) is 9.18 Å². The number of nitrogens with one attached hydrogen (secondary N) is 2. The van der Waals surface area contributed by atoms with E-state index < -0.39 is 0 Å².